The summed E-state index contributed by atoms with van der Waals surface area (Å²) >= 11 is 0. The van der Waals surface area contributed by atoms with E-state index < -0.39 is 5.60 Å². The average Bonchev–Trinajstić information content (AvgIpc) is 2.76. The van der Waals surface area contributed by atoms with Gasteiger partial charge in [-0.2, -0.15) is 0 Å². The number of piperidine rings is 1. The van der Waals surface area contributed by atoms with Gasteiger partial charge < -0.3 is 19.3 Å². The summed E-state index contributed by atoms with van der Waals surface area (Å²) in [6, 6.07) is 10.8. The molecule has 0 aliphatic carbocycles. The molecule has 8 nitrogen and oxygen atoms in total. The number of ether oxygens (including phenoxy) is 2. The number of hydrogen-bond acceptors (Lipinski definition) is 6. The highest BCUT2D eigenvalue weighted by molar-refractivity contribution is 5.69. The number of amides is 2. The Balaban J connectivity index is 1.13. The zero-order valence-corrected chi connectivity index (χ0v) is 20.2. The summed E-state index contributed by atoms with van der Waals surface area (Å²) in [6.07, 6.45) is 1.87. The van der Waals surface area contributed by atoms with Gasteiger partial charge in [-0.1, -0.05) is 30.3 Å². The molecule has 0 spiro atoms. The number of carbonyl (C=O) groups is 2. The second-order valence-corrected chi connectivity index (χ2v) is 10.4. The molecule has 0 atom stereocenters. The number of nitrogens with zero attached hydrogens (tertiary/aromatic N) is 4. The Morgan fingerprint density at radius 1 is 0.818 bits per heavy atom. The van der Waals surface area contributed by atoms with Gasteiger partial charge in [0.25, 0.3) is 0 Å². The molecule has 2 amide bonds. The highest BCUT2D eigenvalue weighted by Crippen LogP contribution is 2.25. The molecule has 0 bridgehead atoms. The maximum absolute atomic E-state index is 12.4. The van der Waals surface area contributed by atoms with Crippen LogP contribution in [0.1, 0.15) is 39.2 Å². The van der Waals surface area contributed by atoms with E-state index in [1.807, 2.05) is 56.0 Å². The van der Waals surface area contributed by atoms with Crippen molar-refractivity contribution in [3.05, 3.63) is 35.9 Å². The van der Waals surface area contributed by atoms with E-state index in [1.165, 1.54) is 0 Å². The maximum Gasteiger partial charge on any atom is 0.410 e. The lowest BCUT2D eigenvalue weighted by Gasteiger charge is -2.49. The van der Waals surface area contributed by atoms with Crippen LogP contribution in [0, 0.1) is 0 Å². The highest BCUT2D eigenvalue weighted by atomic mass is 16.6. The Bertz CT molecular complexity index is 790. The summed E-state index contributed by atoms with van der Waals surface area (Å²) in [5.74, 6) is 0. The molecule has 0 N–H and O–H groups in total. The number of benzene rings is 1. The van der Waals surface area contributed by atoms with E-state index in [0.29, 0.717) is 18.7 Å². The molecule has 182 valence electrons. The molecule has 8 heteroatoms. The third-order valence-electron chi connectivity index (χ3n) is 6.82. The van der Waals surface area contributed by atoms with Crippen molar-refractivity contribution in [2.45, 2.75) is 57.9 Å². The summed E-state index contributed by atoms with van der Waals surface area (Å²) in [5.41, 5.74) is 0.570. The van der Waals surface area contributed by atoms with Crippen LogP contribution >= 0.6 is 0 Å². The summed E-state index contributed by atoms with van der Waals surface area (Å²) in [6.45, 7) is 13.0. The smallest absolute Gasteiger partial charge is 0.410 e. The quantitative estimate of drug-likeness (QED) is 0.691. The Kier molecular flexibility index (Phi) is 7.44. The normalized spacial score (nSPS) is 21.5. The van der Waals surface area contributed by atoms with E-state index >= 15 is 0 Å². The minimum Gasteiger partial charge on any atom is -0.445 e. The Hall–Kier alpha value is -2.32. The lowest BCUT2D eigenvalue weighted by Crippen LogP contribution is -2.63. The van der Waals surface area contributed by atoms with E-state index in [4.69, 9.17) is 9.47 Å². The van der Waals surface area contributed by atoms with E-state index in [0.717, 1.165) is 70.8 Å². The first-order valence-electron chi connectivity index (χ1n) is 12.2. The molecule has 33 heavy (non-hydrogen) atoms. The van der Waals surface area contributed by atoms with Crippen LogP contribution in [0.4, 0.5) is 9.59 Å². The molecule has 1 aromatic rings. The Labute approximate surface area is 197 Å². The summed E-state index contributed by atoms with van der Waals surface area (Å²) in [7, 11) is 0. The average molecular weight is 459 g/mol. The third kappa shape index (κ3) is 6.38. The maximum atomic E-state index is 12.4. The molecule has 3 saturated heterocycles. The van der Waals surface area contributed by atoms with Gasteiger partial charge in [0.1, 0.15) is 12.2 Å². The predicted octanol–water partition coefficient (Wildman–Crippen LogP) is 3.02. The Morgan fingerprint density at radius 3 is 2.03 bits per heavy atom. The number of piperazine rings is 1. The monoisotopic (exact) mass is 458 g/mol. The molecular formula is C25H38N4O4. The molecule has 0 aromatic heterocycles. The number of hydrogen-bond donors (Lipinski definition) is 0. The standard InChI is InChI=1S/C25H38N4O4/c1-25(2,3)33-24(31)29-17-22(18-29)26-11-9-21(10-12-26)27-13-15-28(16-14-27)23(30)32-19-20-7-5-4-6-8-20/h4-8,21-22H,9-19H2,1-3H3. The van der Waals surface area contributed by atoms with Crippen LogP contribution in [0.5, 0.6) is 0 Å². The van der Waals surface area contributed by atoms with Crippen LogP contribution in [-0.2, 0) is 16.1 Å². The van der Waals surface area contributed by atoms with Crippen LogP contribution < -0.4 is 0 Å². The molecule has 3 aliphatic rings. The van der Waals surface area contributed by atoms with Crippen molar-refractivity contribution < 1.29 is 19.1 Å². The number of carbonyl (C=O) groups excluding carboxylic acids is 2. The lowest BCUT2D eigenvalue weighted by molar-refractivity contribution is -0.0266. The predicted molar refractivity (Wildman–Crippen MR) is 126 cm³/mol. The molecule has 1 aromatic carbocycles. The molecular weight excluding hydrogens is 420 g/mol. The van der Waals surface area contributed by atoms with Crippen LogP contribution in [0.15, 0.2) is 30.3 Å². The van der Waals surface area contributed by atoms with Gasteiger partial charge in [0, 0.05) is 64.4 Å². The zero-order valence-electron chi connectivity index (χ0n) is 20.2. The third-order valence-corrected chi connectivity index (χ3v) is 6.82. The summed E-state index contributed by atoms with van der Waals surface area (Å²) < 4.78 is 10.9. The minimum absolute atomic E-state index is 0.200. The van der Waals surface area contributed by atoms with E-state index in [2.05, 4.69) is 9.80 Å². The van der Waals surface area contributed by atoms with Crippen molar-refractivity contribution in [1.82, 2.24) is 19.6 Å². The van der Waals surface area contributed by atoms with Crippen molar-refractivity contribution >= 4 is 12.2 Å². The summed E-state index contributed by atoms with van der Waals surface area (Å²) in [4.78, 5) is 33.2. The molecule has 0 radical (unpaired) electrons. The molecule has 3 heterocycles. The summed E-state index contributed by atoms with van der Waals surface area (Å²) in [5, 5.41) is 0. The lowest BCUT2D eigenvalue weighted by atomic mass is 9.98. The van der Waals surface area contributed by atoms with Crippen LogP contribution in [-0.4, -0.2) is 102 Å². The van der Waals surface area contributed by atoms with Gasteiger partial charge in [0.05, 0.1) is 0 Å². The largest absolute Gasteiger partial charge is 0.445 e. The van der Waals surface area contributed by atoms with Gasteiger partial charge in [-0.3, -0.25) is 9.80 Å². The first-order chi connectivity index (χ1) is 15.8. The van der Waals surface area contributed by atoms with Crippen LogP contribution in [0.25, 0.3) is 0 Å². The second-order valence-electron chi connectivity index (χ2n) is 10.4. The fraction of sp³-hybridized carbons (Fsp3) is 0.680. The van der Waals surface area contributed by atoms with Gasteiger partial charge in [0.15, 0.2) is 0 Å². The van der Waals surface area contributed by atoms with Gasteiger partial charge in [-0.15, -0.1) is 0 Å². The van der Waals surface area contributed by atoms with Crippen molar-refractivity contribution in [2.24, 2.45) is 0 Å². The van der Waals surface area contributed by atoms with Crippen molar-refractivity contribution in [1.29, 1.82) is 0 Å². The fourth-order valence-electron chi connectivity index (χ4n) is 4.86. The van der Waals surface area contributed by atoms with Crippen LogP contribution in [0.3, 0.4) is 0 Å². The van der Waals surface area contributed by atoms with Gasteiger partial charge in [0.2, 0.25) is 0 Å². The molecule has 0 unspecified atom stereocenters. The molecule has 0 saturated carbocycles. The molecule has 3 fully saturated rings. The topological polar surface area (TPSA) is 65.6 Å². The zero-order chi connectivity index (χ0) is 23.4. The first-order valence-corrected chi connectivity index (χ1v) is 12.2. The van der Waals surface area contributed by atoms with E-state index in [1.54, 1.807) is 4.90 Å². The number of rotatable bonds is 4. The second kappa shape index (κ2) is 10.3. The Morgan fingerprint density at radius 2 is 1.42 bits per heavy atom. The number of likely N-dealkylation sites (tertiary alicyclic amines) is 2. The molecule has 3 aliphatic heterocycles. The van der Waals surface area contributed by atoms with Crippen molar-refractivity contribution in [3.63, 3.8) is 0 Å². The molecule has 4 rings (SSSR count). The van der Waals surface area contributed by atoms with Gasteiger partial charge >= 0.3 is 12.2 Å². The fourth-order valence-corrected chi connectivity index (χ4v) is 4.86. The van der Waals surface area contributed by atoms with Gasteiger partial charge in [-0.25, -0.2) is 9.59 Å². The minimum atomic E-state index is -0.441. The van der Waals surface area contributed by atoms with E-state index in [9.17, 15) is 9.59 Å². The van der Waals surface area contributed by atoms with Crippen molar-refractivity contribution in [2.75, 3.05) is 52.4 Å². The van der Waals surface area contributed by atoms with Crippen molar-refractivity contribution in [3.8, 4) is 0 Å². The SMILES string of the molecule is CC(C)(C)OC(=O)N1CC(N2CCC(N3CCN(C(=O)OCc4ccccc4)CC3)CC2)C1. The van der Waals surface area contributed by atoms with Gasteiger partial charge in [-0.05, 0) is 39.2 Å². The van der Waals surface area contributed by atoms with E-state index in [-0.39, 0.29) is 12.2 Å². The first kappa shape index (κ1) is 23.8. The van der Waals surface area contributed by atoms with Crippen LogP contribution in [0.2, 0.25) is 0 Å². The highest BCUT2D eigenvalue weighted by Gasteiger charge is 2.39.